The Morgan fingerprint density at radius 2 is 1.82 bits per heavy atom. The van der Waals surface area contributed by atoms with E-state index in [9.17, 15) is 4.79 Å². The molecule has 0 unspecified atom stereocenters. The Labute approximate surface area is 167 Å². The molecule has 1 aromatic heterocycles. The van der Waals surface area contributed by atoms with Gasteiger partial charge >= 0.3 is 0 Å². The van der Waals surface area contributed by atoms with E-state index in [1.165, 1.54) is 5.56 Å². The fraction of sp³-hybridized carbons (Fsp3) is 0.500. The number of aromatic nitrogens is 2. The second kappa shape index (κ2) is 9.04. The fourth-order valence-corrected chi connectivity index (χ4v) is 3.74. The van der Waals surface area contributed by atoms with Crippen LogP contribution in [0, 0.1) is 13.8 Å². The number of carbonyl (C=O) groups is 1. The summed E-state index contributed by atoms with van der Waals surface area (Å²) in [4.78, 5) is 25.8. The first kappa shape index (κ1) is 20.1. The van der Waals surface area contributed by atoms with Gasteiger partial charge in [-0.15, -0.1) is 0 Å². The lowest BCUT2D eigenvalue weighted by Gasteiger charge is -2.26. The molecule has 0 atom stereocenters. The molecule has 0 saturated carbocycles. The summed E-state index contributed by atoms with van der Waals surface area (Å²) in [6.45, 7) is 9.20. The van der Waals surface area contributed by atoms with Gasteiger partial charge in [0.2, 0.25) is 5.91 Å². The minimum atomic E-state index is 0.232. The number of rotatable bonds is 5. The standard InChI is InChI=1S/C22H30N4O2/c1-5-21(27)25-11-6-12-26(14-13-25)22-20(16(2)23-17(3)24-22)15-18-7-9-19(28-4)10-8-18/h7-10H,5-6,11-15H2,1-4H3. The third kappa shape index (κ3) is 4.61. The summed E-state index contributed by atoms with van der Waals surface area (Å²) >= 11 is 0. The molecule has 1 amide bonds. The molecule has 1 aromatic carbocycles. The Morgan fingerprint density at radius 1 is 1.07 bits per heavy atom. The van der Waals surface area contributed by atoms with Crippen LogP contribution >= 0.6 is 0 Å². The van der Waals surface area contributed by atoms with Gasteiger partial charge in [-0.3, -0.25) is 4.79 Å². The quantitative estimate of drug-likeness (QED) is 0.795. The Balaban J connectivity index is 1.86. The number of carbonyl (C=O) groups excluding carboxylic acids is 1. The molecule has 1 fully saturated rings. The third-order valence-corrected chi connectivity index (χ3v) is 5.29. The molecule has 0 aliphatic carbocycles. The van der Waals surface area contributed by atoms with Gasteiger partial charge in [-0.1, -0.05) is 19.1 Å². The summed E-state index contributed by atoms with van der Waals surface area (Å²) < 4.78 is 5.27. The lowest BCUT2D eigenvalue weighted by molar-refractivity contribution is -0.130. The van der Waals surface area contributed by atoms with Crippen molar-refractivity contribution in [2.75, 3.05) is 38.2 Å². The molecule has 0 N–H and O–H groups in total. The second-order valence-corrected chi connectivity index (χ2v) is 7.26. The van der Waals surface area contributed by atoms with Crippen LogP contribution in [0.5, 0.6) is 5.75 Å². The van der Waals surface area contributed by atoms with Crippen molar-refractivity contribution < 1.29 is 9.53 Å². The van der Waals surface area contributed by atoms with Gasteiger partial charge in [0, 0.05) is 50.3 Å². The predicted octanol–water partition coefficient (Wildman–Crippen LogP) is 3.14. The van der Waals surface area contributed by atoms with E-state index in [-0.39, 0.29) is 5.91 Å². The first-order chi connectivity index (χ1) is 13.5. The van der Waals surface area contributed by atoms with Crippen LogP contribution in [0.15, 0.2) is 24.3 Å². The number of benzene rings is 1. The molecule has 0 bridgehead atoms. The van der Waals surface area contributed by atoms with Gasteiger partial charge in [0.1, 0.15) is 17.4 Å². The zero-order valence-corrected chi connectivity index (χ0v) is 17.4. The molecule has 2 heterocycles. The lowest BCUT2D eigenvalue weighted by atomic mass is 10.0. The number of anilines is 1. The first-order valence-electron chi connectivity index (χ1n) is 10.0. The highest BCUT2D eigenvalue weighted by Crippen LogP contribution is 2.26. The van der Waals surface area contributed by atoms with Gasteiger partial charge < -0.3 is 14.5 Å². The molecule has 28 heavy (non-hydrogen) atoms. The van der Waals surface area contributed by atoms with Crippen molar-refractivity contribution in [3.05, 3.63) is 46.9 Å². The van der Waals surface area contributed by atoms with Crippen molar-refractivity contribution in [3.63, 3.8) is 0 Å². The highest BCUT2D eigenvalue weighted by Gasteiger charge is 2.22. The Morgan fingerprint density at radius 3 is 2.50 bits per heavy atom. The molecular weight excluding hydrogens is 352 g/mol. The normalized spacial score (nSPS) is 14.7. The van der Waals surface area contributed by atoms with Crippen molar-refractivity contribution in [3.8, 4) is 5.75 Å². The molecule has 6 nitrogen and oxygen atoms in total. The SMILES string of the molecule is CCC(=O)N1CCCN(c2nc(C)nc(C)c2Cc2ccc(OC)cc2)CC1. The highest BCUT2D eigenvalue weighted by atomic mass is 16.5. The average molecular weight is 383 g/mol. The van der Waals surface area contributed by atoms with Crippen LogP contribution in [0.4, 0.5) is 5.82 Å². The minimum absolute atomic E-state index is 0.232. The summed E-state index contributed by atoms with van der Waals surface area (Å²) in [5.41, 5.74) is 3.38. The van der Waals surface area contributed by atoms with Gasteiger partial charge in [-0.05, 0) is 38.0 Å². The van der Waals surface area contributed by atoms with Gasteiger partial charge in [0.25, 0.3) is 0 Å². The smallest absolute Gasteiger partial charge is 0.222 e. The van der Waals surface area contributed by atoms with Gasteiger partial charge in [0.15, 0.2) is 0 Å². The van der Waals surface area contributed by atoms with Crippen LogP contribution in [0.2, 0.25) is 0 Å². The van der Waals surface area contributed by atoms with E-state index >= 15 is 0 Å². The molecule has 0 radical (unpaired) electrons. The monoisotopic (exact) mass is 382 g/mol. The number of aryl methyl sites for hydroxylation is 2. The van der Waals surface area contributed by atoms with Crippen molar-refractivity contribution in [2.24, 2.45) is 0 Å². The Kier molecular flexibility index (Phi) is 6.49. The van der Waals surface area contributed by atoms with E-state index in [0.29, 0.717) is 6.42 Å². The zero-order valence-electron chi connectivity index (χ0n) is 17.4. The van der Waals surface area contributed by atoms with E-state index < -0.39 is 0 Å². The maximum absolute atomic E-state index is 12.1. The van der Waals surface area contributed by atoms with Gasteiger partial charge in [-0.25, -0.2) is 9.97 Å². The number of amides is 1. The van der Waals surface area contributed by atoms with Gasteiger partial charge in [0.05, 0.1) is 7.11 Å². The number of hydrogen-bond acceptors (Lipinski definition) is 5. The van der Waals surface area contributed by atoms with Crippen molar-refractivity contribution in [1.82, 2.24) is 14.9 Å². The van der Waals surface area contributed by atoms with E-state index in [2.05, 4.69) is 28.9 Å². The van der Waals surface area contributed by atoms with Crippen LogP contribution in [0.3, 0.4) is 0 Å². The third-order valence-electron chi connectivity index (χ3n) is 5.29. The van der Waals surface area contributed by atoms with E-state index in [4.69, 9.17) is 9.72 Å². The topological polar surface area (TPSA) is 58.6 Å². The van der Waals surface area contributed by atoms with Crippen molar-refractivity contribution in [2.45, 2.75) is 40.0 Å². The maximum atomic E-state index is 12.1. The van der Waals surface area contributed by atoms with Gasteiger partial charge in [-0.2, -0.15) is 0 Å². The molecular formula is C22H30N4O2. The molecule has 1 saturated heterocycles. The van der Waals surface area contributed by atoms with Crippen LogP contribution in [-0.2, 0) is 11.2 Å². The molecule has 3 rings (SSSR count). The summed E-state index contributed by atoms with van der Waals surface area (Å²) in [6, 6.07) is 8.15. The summed E-state index contributed by atoms with van der Waals surface area (Å²) in [7, 11) is 1.68. The predicted molar refractivity (Wildman–Crippen MR) is 111 cm³/mol. The van der Waals surface area contributed by atoms with Crippen LogP contribution in [-0.4, -0.2) is 54.1 Å². The molecule has 150 valence electrons. The van der Waals surface area contributed by atoms with Crippen molar-refractivity contribution >= 4 is 11.7 Å². The molecule has 1 aliphatic heterocycles. The second-order valence-electron chi connectivity index (χ2n) is 7.26. The summed E-state index contributed by atoms with van der Waals surface area (Å²) in [5, 5.41) is 0. The number of hydrogen-bond donors (Lipinski definition) is 0. The highest BCUT2D eigenvalue weighted by molar-refractivity contribution is 5.75. The van der Waals surface area contributed by atoms with Crippen molar-refractivity contribution in [1.29, 1.82) is 0 Å². The van der Waals surface area contributed by atoms with Crippen LogP contribution in [0.1, 0.15) is 42.4 Å². The van der Waals surface area contributed by atoms with E-state index in [1.54, 1.807) is 7.11 Å². The van der Waals surface area contributed by atoms with Crippen LogP contribution in [0.25, 0.3) is 0 Å². The minimum Gasteiger partial charge on any atom is -0.497 e. The van der Waals surface area contributed by atoms with E-state index in [1.807, 2.05) is 30.9 Å². The Bertz CT molecular complexity index is 820. The number of methoxy groups -OCH3 is 1. The van der Waals surface area contributed by atoms with E-state index in [0.717, 1.165) is 67.7 Å². The Hall–Kier alpha value is -2.63. The zero-order chi connectivity index (χ0) is 20.1. The number of nitrogens with zero attached hydrogens (tertiary/aromatic N) is 4. The molecule has 2 aromatic rings. The fourth-order valence-electron chi connectivity index (χ4n) is 3.74. The van der Waals surface area contributed by atoms with Crippen LogP contribution < -0.4 is 9.64 Å². The lowest BCUT2D eigenvalue weighted by Crippen LogP contribution is -2.35. The maximum Gasteiger partial charge on any atom is 0.222 e. The largest absolute Gasteiger partial charge is 0.497 e. The average Bonchev–Trinajstić information content (AvgIpc) is 2.96. The number of ether oxygens (including phenoxy) is 1. The molecule has 6 heteroatoms. The summed E-state index contributed by atoms with van der Waals surface area (Å²) in [5.74, 6) is 2.88. The first-order valence-corrected chi connectivity index (χ1v) is 10.0. The molecule has 1 aliphatic rings. The summed E-state index contributed by atoms with van der Waals surface area (Å²) in [6.07, 6.45) is 2.30. The molecule has 0 spiro atoms.